The quantitative estimate of drug-likeness (QED) is 0.678. The highest BCUT2D eigenvalue weighted by molar-refractivity contribution is 7.16. The molecule has 2 heteroatoms. The first-order chi connectivity index (χ1) is 7.40. The number of thiazole rings is 1. The molecule has 1 aromatic heterocycles. The van der Waals surface area contributed by atoms with Crippen molar-refractivity contribution in [3.05, 3.63) is 29.3 Å². The van der Waals surface area contributed by atoms with Gasteiger partial charge in [0.1, 0.15) is 0 Å². The second-order valence-electron chi connectivity index (χ2n) is 3.97. The summed E-state index contributed by atoms with van der Waals surface area (Å²) in [5.74, 6) is 0. The average Bonchev–Trinajstić information content (AvgIpc) is 2.71. The van der Waals surface area contributed by atoms with E-state index < -0.39 is 0 Å². The van der Waals surface area contributed by atoms with Crippen LogP contribution in [-0.2, 0) is 6.42 Å². The smallest absolute Gasteiger partial charge is 0.0814 e. The van der Waals surface area contributed by atoms with E-state index in [1.807, 2.05) is 5.51 Å². The van der Waals surface area contributed by atoms with Crippen molar-refractivity contribution in [1.82, 2.24) is 4.98 Å². The number of hydrogen-bond donors (Lipinski definition) is 0. The van der Waals surface area contributed by atoms with Gasteiger partial charge >= 0.3 is 0 Å². The first-order valence-electron chi connectivity index (χ1n) is 5.72. The number of aromatic nitrogens is 1. The van der Waals surface area contributed by atoms with Crippen molar-refractivity contribution in [2.75, 3.05) is 0 Å². The molecule has 0 aliphatic heterocycles. The molecule has 0 fully saturated rings. The number of unbranched alkanes of at least 4 members (excludes halogenated alkanes) is 3. The zero-order valence-electron chi connectivity index (χ0n) is 9.20. The van der Waals surface area contributed by atoms with Crippen LogP contribution in [0.1, 0.15) is 38.2 Å². The lowest BCUT2D eigenvalue weighted by atomic mass is 10.1. The van der Waals surface area contributed by atoms with Gasteiger partial charge in [-0.15, -0.1) is 11.3 Å². The van der Waals surface area contributed by atoms with Gasteiger partial charge in [-0.2, -0.15) is 0 Å². The average molecular weight is 219 g/mol. The molecule has 0 amide bonds. The Morgan fingerprint density at radius 1 is 1.20 bits per heavy atom. The maximum atomic E-state index is 4.34. The van der Waals surface area contributed by atoms with Gasteiger partial charge < -0.3 is 0 Å². The largest absolute Gasteiger partial charge is 0.245 e. The summed E-state index contributed by atoms with van der Waals surface area (Å²) < 4.78 is 1.30. The Morgan fingerprint density at radius 2 is 2.13 bits per heavy atom. The lowest BCUT2D eigenvalue weighted by Crippen LogP contribution is -1.85. The standard InChI is InChI=1S/C13H17NS/c1-2-3-4-5-6-11-7-8-13-12(9-11)14-10-15-13/h7-10H,2-6H2,1H3. The molecule has 0 atom stereocenters. The van der Waals surface area contributed by atoms with Crippen molar-refractivity contribution in [2.45, 2.75) is 39.0 Å². The Balaban J connectivity index is 1.96. The highest BCUT2D eigenvalue weighted by atomic mass is 32.1. The summed E-state index contributed by atoms with van der Waals surface area (Å²) >= 11 is 1.72. The molecule has 80 valence electrons. The summed E-state index contributed by atoms with van der Waals surface area (Å²) in [5.41, 5.74) is 4.52. The molecule has 0 unspecified atom stereocenters. The van der Waals surface area contributed by atoms with Gasteiger partial charge in [-0.1, -0.05) is 32.3 Å². The SMILES string of the molecule is CCCCCCc1ccc2scnc2c1. The molecule has 0 saturated heterocycles. The Hall–Kier alpha value is -0.890. The fourth-order valence-corrected chi connectivity index (χ4v) is 2.47. The number of hydrogen-bond acceptors (Lipinski definition) is 2. The summed E-state index contributed by atoms with van der Waals surface area (Å²) in [5, 5.41) is 0. The third-order valence-electron chi connectivity index (χ3n) is 2.71. The number of aryl methyl sites for hydroxylation is 1. The van der Waals surface area contributed by atoms with Crippen molar-refractivity contribution in [3.8, 4) is 0 Å². The lowest BCUT2D eigenvalue weighted by Gasteiger charge is -2.00. The number of nitrogens with zero attached hydrogens (tertiary/aromatic N) is 1. The second-order valence-corrected chi connectivity index (χ2v) is 4.85. The van der Waals surface area contributed by atoms with Gasteiger partial charge in [-0.25, -0.2) is 4.98 Å². The predicted molar refractivity (Wildman–Crippen MR) is 67.5 cm³/mol. The Kier molecular flexibility index (Phi) is 3.73. The van der Waals surface area contributed by atoms with Crippen molar-refractivity contribution in [2.24, 2.45) is 0 Å². The van der Waals surface area contributed by atoms with E-state index in [0.29, 0.717) is 0 Å². The fraction of sp³-hybridized carbons (Fsp3) is 0.462. The van der Waals surface area contributed by atoms with Gasteiger partial charge in [0, 0.05) is 0 Å². The predicted octanol–water partition coefficient (Wildman–Crippen LogP) is 4.42. The molecule has 0 aliphatic carbocycles. The van der Waals surface area contributed by atoms with Crippen LogP contribution in [0, 0.1) is 0 Å². The topological polar surface area (TPSA) is 12.9 Å². The van der Waals surface area contributed by atoms with Crippen molar-refractivity contribution < 1.29 is 0 Å². The maximum Gasteiger partial charge on any atom is 0.0814 e. The van der Waals surface area contributed by atoms with Crippen molar-refractivity contribution in [1.29, 1.82) is 0 Å². The highest BCUT2D eigenvalue weighted by Gasteiger charge is 1.98. The minimum absolute atomic E-state index is 1.16. The van der Waals surface area contributed by atoms with E-state index in [4.69, 9.17) is 0 Å². The van der Waals surface area contributed by atoms with Crippen LogP contribution in [-0.4, -0.2) is 4.98 Å². The van der Waals surface area contributed by atoms with Crippen LogP contribution in [0.4, 0.5) is 0 Å². The van der Waals surface area contributed by atoms with Crippen molar-refractivity contribution >= 4 is 21.6 Å². The third kappa shape index (κ3) is 2.78. The summed E-state index contributed by atoms with van der Waals surface area (Å²) in [6.07, 6.45) is 6.53. The molecular formula is C13H17NS. The normalized spacial score (nSPS) is 11.0. The van der Waals surface area contributed by atoms with Crippen LogP contribution >= 0.6 is 11.3 Å². The minimum Gasteiger partial charge on any atom is -0.245 e. The van der Waals surface area contributed by atoms with Crippen LogP contribution in [0.25, 0.3) is 10.2 Å². The maximum absolute atomic E-state index is 4.34. The number of fused-ring (bicyclic) bond motifs is 1. The van der Waals surface area contributed by atoms with Crippen molar-refractivity contribution in [3.63, 3.8) is 0 Å². The molecule has 0 spiro atoms. The molecule has 15 heavy (non-hydrogen) atoms. The van der Waals surface area contributed by atoms with Gasteiger partial charge in [0.05, 0.1) is 15.7 Å². The molecule has 1 nitrogen and oxygen atoms in total. The van der Waals surface area contributed by atoms with E-state index in [0.717, 1.165) is 5.52 Å². The first-order valence-corrected chi connectivity index (χ1v) is 6.60. The second kappa shape index (κ2) is 5.26. The van der Waals surface area contributed by atoms with E-state index in [1.165, 1.54) is 42.4 Å². The van der Waals surface area contributed by atoms with E-state index >= 15 is 0 Å². The molecule has 0 radical (unpaired) electrons. The third-order valence-corrected chi connectivity index (χ3v) is 3.52. The minimum atomic E-state index is 1.16. The van der Waals surface area contributed by atoms with E-state index in [1.54, 1.807) is 11.3 Å². The Labute approximate surface area is 95.2 Å². The van der Waals surface area contributed by atoms with E-state index in [9.17, 15) is 0 Å². The molecule has 2 aromatic rings. The molecule has 0 aliphatic rings. The van der Waals surface area contributed by atoms with Gasteiger partial charge in [-0.05, 0) is 30.5 Å². The molecule has 1 aromatic carbocycles. The molecule has 0 N–H and O–H groups in total. The Morgan fingerprint density at radius 3 is 3.00 bits per heavy atom. The number of rotatable bonds is 5. The summed E-state index contributed by atoms with van der Waals surface area (Å²) in [7, 11) is 0. The highest BCUT2D eigenvalue weighted by Crippen LogP contribution is 2.19. The molecule has 0 bridgehead atoms. The lowest BCUT2D eigenvalue weighted by molar-refractivity contribution is 0.667. The van der Waals surface area contributed by atoms with Gasteiger partial charge in [0.2, 0.25) is 0 Å². The zero-order valence-corrected chi connectivity index (χ0v) is 10.0. The summed E-state index contributed by atoms with van der Waals surface area (Å²) in [4.78, 5) is 4.34. The molecule has 2 rings (SSSR count). The van der Waals surface area contributed by atoms with Crippen LogP contribution in [0.5, 0.6) is 0 Å². The van der Waals surface area contributed by atoms with Gasteiger partial charge in [-0.3, -0.25) is 0 Å². The van der Waals surface area contributed by atoms with Crippen LogP contribution in [0.3, 0.4) is 0 Å². The van der Waals surface area contributed by atoms with Crippen LogP contribution < -0.4 is 0 Å². The molecule has 0 saturated carbocycles. The first kappa shape index (κ1) is 10.6. The molecule has 1 heterocycles. The zero-order chi connectivity index (χ0) is 10.5. The van der Waals surface area contributed by atoms with Crippen LogP contribution in [0.2, 0.25) is 0 Å². The Bertz CT molecular complexity index is 419. The van der Waals surface area contributed by atoms with Gasteiger partial charge in [0.25, 0.3) is 0 Å². The number of benzene rings is 1. The molecular weight excluding hydrogens is 202 g/mol. The summed E-state index contributed by atoms with van der Waals surface area (Å²) in [6.45, 7) is 2.25. The summed E-state index contributed by atoms with van der Waals surface area (Å²) in [6, 6.07) is 6.67. The monoisotopic (exact) mass is 219 g/mol. The van der Waals surface area contributed by atoms with E-state index in [-0.39, 0.29) is 0 Å². The fourth-order valence-electron chi connectivity index (χ4n) is 1.81. The van der Waals surface area contributed by atoms with E-state index in [2.05, 4.69) is 30.1 Å². The van der Waals surface area contributed by atoms with Crippen LogP contribution in [0.15, 0.2) is 23.7 Å². The van der Waals surface area contributed by atoms with Gasteiger partial charge in [0.15, 0.2) is 0 Å².